The first-order chi connectivity index (χ1) is 9.65. The molecule has 0 amide bonds. The molecule has 1 aromatic rings. The molecule has 0 unspecified atom stereocenters. The van der Waals surface area contributed by atoms with Gasteiger partial charge in [-0.1, -0.05) is 11.6 Å². The van der Waals surface area contributed by atoms with Gasteiger partial charge in [-0.2, -0.15) is 11.8 Å². The molecule has 2 N–H and O–H groups in total. The Labute approximate surface area is 130 Å². The summed E-state index contributed by atoms with van der Waals surface area (Å²) in [4.78, 5) is 0. The zero-order chi connectivity index (χ0) is 14.4. The van der Waals surface area contributed by atoms with Crippen molar-refractivity contribution >= 4 is 23.4 Å². The van der Waals surface area contributed by atoms with Crippen LogP contribution in [-0.2, 0) is 0 Å². The number of aliphatic hydroxyl groups excluding tert-OH is 1. The molecule has 0 aromatic heterocycles. The van der Waals surface area contributed by atoms with Crippen molar-refractivity contribution in [3.05, 3.63) is 28.8 Å². The smallest absolute Gasteiger partial charge is 0.119 e. The molecular formula is C15H22ClNO2S. The van der Waals surface area contributed by atoms with E-state index in [4.69, 9.17) is 16.3 Å². The average Bonchev–Trinajstić information content (AvgIpc) is 2.47. The van der Waals surface area contributed by atoms with E-state index in [0.717, 1.165) is 16.3 Å². The average molecular weight is 316 g/mol. The van der Waals surface area contributed by atoms with Gasteiger partial charge in [0.1, 0.15) is 18.5 Å². The fourth-order valence-corrected chi connectivity index (χ4v) is 3.39. The SMILES string of the molecule is Cc1cc(OC[C@H](O)CNC2CCSCC2)ccc1Cl. The fraction of sp³-hybridized carbons (Fsp3) is 0.600. The summed E-state index contributed by atoms with van der Waals surface area (Å²) in [5.74, 6) is 3.18. The van der Waals surface area contributed by atoms with Crippen LogP contribution in [0.3, 0.4) is 0 Å². The summed E-state index contributed by atoms with van der Waals surface area (Å²) < 4.78 is 5.59. The molecule has 1 aliphatic heterocycles. The summed E-state index contributed by atoms with van der Waals surface area (Å²) in [6.45, 7) is 2.83. The Hall–Kier alpha value is -0.420. The van der Waals surface area contributed by atoms with E-state index in [1.165, 1.54) is 24.3 Å². The summed E-state index contributed by atoms with van der Waals surface area (Å²) in [7, 11) is 0. The van der Waals surface area contributed by atoms with Crippen molar-refractivity contribution in [1.82, 2.24) is 5.32 Å². The van der Waals surface area contributed by atoms with Crippen LogP contribution in [0.1, 0.15) is 18.4 Å². The lowest BCUT2D eigenvalue weighted by Gasteiger charge is -2.24. The lowest BCUT2D eigenvalue weighted by Crippen LogP contribution is -2.39. The Kier molecular flexibility index (Phi) is 6.49. The van der Waals surface area contributed by atoms with Crippen LogP contribution in [0.25, 0.3) is 0 Å². The first kappa shape index (κ1) is 16.0. The molecule has 1 heterocycles. The monoisotopic (exact) mass is 315 g/mol. The summed E-state index contributed by atoms with van der Waals surface area (Å²) in [5, 5.41) is 14.1. The number of aryl methyl sites for hydroxylation is 1. The molecule has 0 saturated carbocycles. The summed E-state index contributed by atoms with van der Waals surface area (Å²) in [6.07, 6.45) is 1.89. The predicted octanol–water partition coefficient (Wildman–Crippen LogP) is 2.87. The van der Waals surface area contributed by atoms with Crippen molar-refractivity contribution in [2.24, 2.45) is 0 Å². The van der Waals surface area contributed by atoms with Gasteiger partial charge in [0.15, 0.2) is 0 Å². The molecule has 112 valence electrons. The quantitative estimate of drug-likeness (QED) is 0.847. The van der Waals surface area contributed by atoms with Gasteiger partial charge in [-0.3, -0.25) is 0 Å². The Morgan fingerprint density at radius 3 is 2.90 bits per heavy atom. The molecule has 0 aliphatic carbocycles. The van der Waals surface area contributed by atoms with Crippen molar-refractivity contribution in [2.45, 2.75) is 31.9 Å². The zero-order valence-electron chi connectivity index (χ0n) is 11.8. The van der Waals surface area contributed by atoms with E-state index in [0.29, 0.717) is 19.2 Å². The molecule has 5 heteroatoms. The van der Waals surface area contributed by atoms with Gasteiger partial charge in [0.05, 0.1) is 0 Å². The first-order valence-electron chi connectivity index (χ1n) is 7.03. The molecule has 1 aromatic carbocycles. The van der Waals surface area contributed by atoms with Crippen molar-refractivity contribution < 1.29 is 9.84 Å². The molecule has 1 atom stereocenters. The number of hydrogen-bond donors (Lipinski definition) is 2. The van der Waals surface area contributed by atoms with E-state index in [2.05, 4.69) is 5.32 Å². The van der Waals surface area contributed by atoms with Gasteiger partial charge in [0.2, 0.25) is 0 Å². The molecule has 1 aliphatic rings. The zero-order valence-corrected chi connectivity index (χ0v) is 13.3. The van der Waals surface area contributed by atoms with E-state index >= 15 is 0 Å². The van der Waals surface area contributed by atoms with Crippen LogP contribution in [0.4, 0.5) is 0 Å². The maximum absolute atomic E-state index is 9.95. The van der Waals surface area contributed by atoms with Crippen LogP contribution >= 0.6 is 23.4 Å². The van der Waals surface area contributed by atoms with Crippen molar-refractivity contribution in [2.75, 3.05) is 24.7 Å². The fourth-order valence-electron chi connectivity index (χ4n) is 2.16. The molecule has 0 bridgehead atoms. The van der Waals surface area contributed by atoms with Crippen LogP contribution in [0.5, 0.6) is 5.75 Å². The minimum atomic E-state index is -0.486. The molecule has 3 nitrogen and oxygen atoms in total. The molecule has 20 heavy (non-hydrogen) atoms. The summed E-state index contributed by atoms with van der Waals surface area (Å²) in [5.41, 5.74) is 0.983. The molecular weight excluding hydrogens is 294 g/mol. The van der Waals surface area contributed by atoms with Crippen LogP contribution in [-0.4, -0.2) is 41.9 Å². The molecule has 2 rings (SSSR count). The second kappa shape index (κ2) is 8.13. The van der Waals surface area contributed by atoms with E-state index in [1.54, 1.807) is 0 Å². The normalized spacial score (nSPS) is 17.9. The molecule has 0 radical (unpaired) electrons. The van der Waals surface area contributed by atoms with Gasteiger partial charge in [-0.15, -0.1) is 0 Å². The minimum Gasteiger partial charge on any atom is -0.491 e. The third-order valence-corrected chi connectivity index (χ3v) is 4.91. The summed E-state index contributed by atoms with van der Waals surface area (Å²) >= 11 is 7.97. The standard InChI is InChI=1S/C15H22ClNO2S/c1-11-8-14(2-3-15(11)16)19-10-13(18)9-17-12-4-6-20-7-5-12/h2-3,8,12-13,17-18H,4-7,9-10H2,1H3/t13-/m1/s1. The van der Waals surface area contributed by atoms with Gasteiger partial charge in [0, 0.05) is 17.6 Å². The third-order valence-electron chi connectivity index (χ3n) is 3.44. The maximum Gasteiger partial charge on any atom is 0.119 e. The van der Waals surface area contributed by atoms with Gasteiger partial charge in [-0.05, 0) is 55.0 Å². The minimum absolute atomic E-state index is 0.301. The van der Waals surface area contributed by atoms with E-state index < -0.39 is 6.10 Å². The second-order valence-electron chi connectivity index (χ2n) is 5.17. The van der Waals surface area contributed by atoms with Gasteiger partial charge < -0.3 is 15.2 Å². The number of nitrogens with one attached hydrogen (secondary N) is 1. The number of aliphatic hydroxyl groups is 1. The predicted molar refractivity (Wildman–Crippen MR) is 86.0 cm³/mol. The number of benzene rings is 1. The van der Waals surface area contributed by atoms with Gasteiger partial charge in [0.25, 0.3) is 0 Å². The van der Waals surface area contributed by atoms with Crippen molar-refractivity contribution in [1.29, 1.82) is 0 Å². The highest BCUT2D eigenvalue weighted by molar-refractivity contribution is 7.99. The topological polar surface area (TPSA) is 41.5 Å². The number of ether oxygens (including phenoxy) is 1. The number of halogens is 1. The highest BCUT2D eigenvalue weighted by Crippen LogP contribution is 2.21. The highest BCUT2D eigenvalue weighted by atomic mass is 35.5. The number of hydrogen-bond acceptors (Lipinski definition) is 4. The second-order valence-corrected chi connectivity index (χ2v) is 6.80. The highest BCUT2D eigenvalue weighted by Gasteiger charge is 2.14. The van der Waals surface area contributed by atoms with E-state index in [9.17, 15) is 5.11 Å². The Morgan fingerprint density at radius 2 is 2.20 bits per heavy atom. The molecule has 1 saturated heterocycles. The van der Waals surface area contributed by atoms with Crippen LogP contribution < -0.4 is 10.1 Å². The molecule has 1 fully saturated rings. The van der Waals surface area contributed by atoms with Gasteiger partial charge >= 0.3 is 0 Å². The molecule has 0 spiro atoms. The van der Waals surface area contributed by atoms with Crippen molar-refractivity contribution in [3.63, 3.8) is 0 Å². The first-order valence-corrected chi connectivity index (χ1v) is 8.56. The Morgan fingerprint density at radius 1 is 1.45 bits per heavy atom. The Bertz CT molecular complexity index is 424. The third kappa shape index (κ3) is 5.17. The van der Waals surface area contributed by atoms with Crippen LogP contribution in [0.15, 0.2) is 18.2 Å². The lowest BCUT2D eigenvalue weighted by atomic mass is 10.1. The summed E-state index contributed by atoms with van der Waals surface area (Å²) in [6, 6.07) is 6.08. The van der Waals surface area contributed by atoms with Crippen LogP contribution in [0, 0.1) is 6.92 Å². The van der Waals surface area contributed by atoms with Crippen molar-refractivity contribution in [3.8, 4) is 5.75 Å². The lowest BCUT2D eigenvalue weighted by molar-refractivity contribution is 0.103. The van der Waals surface area contributed by atoms with E-state index in [-0.39, 0.29) is 0 Å². The van der Waals surface area contributed by atoms with E-state index in [1.807, 2.05) is 36.9 Å². The Balaban J connectivity index is 1.68. The largest absolute Gasteiger partial charge is 0.491 e. The van der Waals surface area contributed by atoms with Gasteiger partial charge in [-0.25, -0.2) is 0 Å². The number of thioether (sulfide) groups is 1. The number of rotatable bonds is 6. The maximum atomic E-state index is 9.95. The van der Waals surface area contributed by atoms with Crippen LogP contribution in [0.2, 0.25) is 5.02 Å².